The molecule has 0 bridgehead atoms. The molecule has 0 aromatic heterocycles. The van der Waals surface area contributed by atoms with Crippen LogP contribution in [0.5, 0.6) is 0 Å². The zero-order valence-corrected chi connectivity index (χ0v) is 28.4. The Morgan fingerprint density at radius 1 is 0.286 bits per heavy atom. The van der Waals surface area contributed by atoms with Crippen LogP contribution >= 0.6 is 25.7 Å². The minimum atomic E-state index is 0. The standard InChI is InChI=1S/3C12H11P.2CH3.Ni/c3*1-3-7-11(8-4-1)13-12-9-5-2-6-10-12;;;/h3*1-10,13H;2*1H3;/q;;;2*-1;+2/p+1. The van der Waals surface area contributed by atoms with Gasteiger partial charge >= 0.3 is 16.5 Å². The predicted octanol–water partition coefficient (Wildman–Crippen LogP) is 7.58. The molecule has 6 rings (SSSR count). The van der Waals surface area contributed by atoms with E-state index in [0.717, 1.165) is 17.2 Å². The summed E-state index contributed by atoms with van der Waals surface area (Å²) in [5.41, 5.74) is 0. The second-order valence-electron chi connectivity index (χ2n) is 8.68. The third kappa shape index (κ3) is 14.8. The minimum absolute atomic E-state index is 0. The molecular weight excluding hydrogens is 608 g/mol. The summed E-state index contributed by atoms with van der Waals surface area (Å²) in [4.78, 5) is 0. The van der Waals surface area contributed by atoms with E-state index in [-0.39, 0.29) is 39.9 Å². The summed E-state index contributed by atoms with van der Waals surface area (Å²) < 4.78 is 0. The second kappa shape index (κ2) is 22.7. The molecule has 0 radical (unpaired) electrons. The Kier molecular flexibility index (Phi) is 20.0. The summed E-state index contributed by atoms with van der Waals surface area (Å²) in [6.45, 7) is 0. The van der Waals surface area contributed by atoms with Crippen molar-refractivity contribution in [2.75, 3.05) is 0 Å². The maximum atomic E-state index is 2.20. The number of rotatable bonds is 6. The SMILES string of the molecule is [CH3-].[CH3-].[Ni+2].c1ccc(Pc2ccccc2)cc1.c1ccc(Pc2ccccc2)cc1.c1ccc([PH2+]c2ccccc2)cc1. The normalized spacial score (nSPS) is 9.14. The van der Waals surface area contributed by atoms with Gasteiger partial charge in [-0.1, -0.05) is 175 Å². The fourth-order valence-corrected chi connectivity index (χ4v) is 7.03. The minimum Gasteiger partial charge on any atom is -0.358 e. The van der Waals surface area contributed by atoms with E-state index < -0.39 is 0 Å². The van der Waals surface area contributed by atoms with Gasteiger partial charge in [-0.2, -0.15) is 0 Å². The molecule has 0 amide bonds. The van der Waals surface area contributed by atoms with Gasteiger partial charge in [0.15, 0.2) is 0 Å². The first kappa shape index (κ1) is 37.1. The van der Waals surface area contributed by atoms with E-state index >= 15 is 0 Å². The molecule has 0 aliphatic rings. The molecule has 0 aliphatic heterocycles. The Morgan fingerprint density at radius 3 is 0.690 bits per heavy atom. The van der Waals surface area contributed by atoms with Crippen LogP contribution in [0.1, 0.15) is 0 Å². The average Bonchev–Trinajstić information content (AvgIpc) is 3.01. The molecule has 4 heteroatoms. The topological polar surface area (TPSA) is 0 Å². The smallest absolute Gasteiger partial charge is 0.358 e. The number of hydrogen-bond acceptors (Lipinski definition) is 0. The zero-order valence-electron chi connectivity index (χ0n) is 24.2. The molecule has 0 unspecified atom stereocenters. The first-order valence-electron chi connectivity index (χ1n) is 13.0. The molecule has 0 saturated heterocycles. The van der Waals surface area contributed by atoms with Crippen LogP contribution in [0.25, 0.3) is 0 Å². The predicted molar refractivity (Wildman–Crippen MR) is 196 cm³/mol. The van der Waals surface area contributed by atoms with Crippen molar-refractivity contribution in [3.63, 3.8) is 0 Å². The van der Waals surface area contributed by atoms with E-state index in [1.165, 1.54) is 31.8 Å². The van der Waals surface area contributed by atoms with Gasteiger partial charge in [-0.15, -0.1) is 0 Å². The van der Waals surface area contributed by atoms with Gasteiger partial charge in [0.2, 0.25) is 0 Å². The first-order chi connectivity index (χ1) is 19.3. The van der Waals surface area contributed by atoms with Gasteiger partial charge in [-0.3, -0.25) is 0 Å². The van der Waals surface area contributed by atoms with Crippen LogP contribution in [0.4, 0.5) is 0 Å². The third-order valence-electron chi connectivity index (χ3n) is 5.60. The van der Waals surface area contributed by atoms with Gasteiger partial charge in [0.25, 0.3) is 0 Å². The van der Waals surface area contributed by atoms with Gasteiger partial charge in [-0.25, -0.2) is 0 Å². The van der Waals surface area contributed by atoms with E-state index in [9.17, 15) is 0 Å². The fourth-order valence-electron chi connectivity index (χ4n) is 3.71. The average molecular weight is 648 g/mol. The maximum Gasteiger partial charge on any atom is 2.00 e. The van der Waals surface area contributed by atoms with Crippen molar-refractivity contribution < 1.29 is 16.5 Å². The van der Waals surface area contributed by atoms with E-state index in [4.69, 9.17) is 0 Å². The Bertz CT molecular complexity index is 1140. The molecule has 0 nitrogen and oxygen atoms in total. The Balaban J connectivity index is 0.000000304. The summed E-state index contributed by atoms with van der Waals surface area (Å²) in [7, 11) is 1.82. The summed E-state index contributed by atoms with van der Waals surface area (Å²) in [6.07, 6.45) is 0. The molecule has 0 fully saturated rings. The van der Waals surface area contributed by atoms with Crippen molar-refractivity contribution in [3.8, 4) is 0 Å². The summed E-state index contributed by atoms with van der Waals surface area (Å²) in [5.74, 6) is 0. The molecule has 0 aliphatic carbocycles. The van der Waals surface area contributed by atoms with E-state index in [0.29, 0.717) is 0 Å². The van der Waals surface area contributed by atoms with Crippen molar-refractivity contribution >= 4 is 57.6 Å². The van der Waals surface area contributed by atoms with Crippen LogP contribution in [-0.2, 0) is 16.5 Å². The van der Waals surface area contributed by atoms with Crippen molar-refractivity contribution in [1.82, 2.24) is 0 Å². The van der Waals surface area contributed by atoms with Gasteiger partial charge in [0, 0.05) is 0 Å². The van der Waals surface area contributed by atoms with E-state index in [1.54, 1.807) is 0 Å². The Hall–Kier alpha value is -2.90. The van der Waals surface area contributed by atoms with Crippen molar-refractivity contribution in [2.24, 2.45) is 0 Å². The molecule has 0 spiro atoms. The zero-order chi connectivity index (χ0) is 26.8. The van der Waals surface area contributed by atoms with Crippen LogP contribution < -0.4 is 31.8 Å². The van der Waals surface area contributed by atoms with Gasteiger partial charge in [0.05, 0.1) is 19.2 Å². The van der Waals surface area contributed by atoms with Gasteiger partial charge in [-0.05, 0) is 45.5 Å². The Morgan fingerprint density at radius 2 is 0.476 bits per heavy atom. The Labute approximate surface area is 269 Å². The molecule has 6 aromatic carbocycles. The monoisotopic (exact) mass is 647 g/mol. The molecule has 0 N–H and O–H groups in total. The van der Waals surface area contributed by atoms with Crippen molar-refractivity contribution in [3.05, 3.63) is 197 Å². The molecule has 6 aromatic rings. The van der Waals surface area contributed by atoms with Crippen LogP contribution in [-0.4, -0.2) is 0 Å². The largest absolute Gasteiger partial charge is 2.00 e. The molecule has 0 saturated carbocycles. The molecule has 216 valence electrons. The summed E-state index contributed by atoms with van der Waals surface area (Å²) in [6, 6.07) is 63.6. The third-order valence-corrected chi connectivity index (χ3v) is 9.53. The molecular formula is C38H40NiP3+. The van der Waals surface area contributed by atoms with E-state index in [1.807, 2.05) is 0 Å². The maximum absolute atomic E-state index is 2.20. The summed E-state index contributed by atoms with van der Waals surface area (Å²) >= 11 is 0. The van der Waals surface area contributed by atoms with Crippen molar-refractivity contribution in [2.45, 2.75) is 0 Å². The van der Waals surface area contributed by atoms with Gasteiger partial charge in [0.1, 0.15) is 0 Å². The van der Waals surface area contributed by atoms with Crippen LogP contribution in [0.3, 0.4) is 0 Å². The van der Waals surface area contributed by atoms with Crippen LogP contribution in [0.15, 0.2) is 182 Å². The van der Waals surface area contributed by atoms with Crippen LogP contribution in [0.2, 0.25) is 0 Å². The quantitative estimate of drug-likeness (QED) is 0.0994. The second-order valence-corrected chi connectivity index (χ2v) is 13.1. The fraction of sp³-hybridized carbons (Fsp3) is 0. The van der Waals surface area contributed by atoms with E-state index in [2.05, 4.69) is 182 Å². The molecule has 42 heavy (non-hydrogen) atoms. The van der Waals surface area contributed by atoms with Gasteiger partial charge < -0.3 is 14.9 Å². The number of hydrogen-bond donors (Lipinski definition) is 0. The molecule has 0 heterocycles. The van der Waals surface area contributed by atoms with Crippen molar-refractivity contribution in [1.29, 1.82) is 0 Å². The first-order valence-corrected chi connectivity index (χ1v) is 16.2. The molecule has 0 atom stereocenters. The number of benzene rings is 6. The summed E-state index contributed by atoms with van der Waals surface area (Å²) in [5, 5.41) is 8.49. The van der Waals surface area contributed by atoms with Crippen LogP contribution in [0, 0.1) is 14.9 Å².